The molecule has 1 aliphatic heterocycles. The van der Waals surface area contributed by atoms with Crippen molar-refractivity contribution in [2.75, 3.05) is 6.54 Å². The third-order valence-corrected chi connectivity index (χ3v) is 3.82. The summed E-state index contributed by atoms with van der Waals surface area (Å²) in [5, 5.41) is 3.40. The van der Waals surface area contributed by atoms with E-state index in [1.807, 2.05) is 0 Å². The quantitative estimate of drug-likeness (QED) is 0.913. The Balaban J connectivity index is 2.03. The van der Waals surface area contributed by atoms with Gasteiger partial charge in [-0.05, 0) is 37.9 Å². The number of nitrogens with one attached hydrogen (secondary N) is 1. The van der Waals surface area contributed by atoms with Crippen LogP contribution in [0.5, 0.6) is 0 Å². The van der Waals surface area contributed by atoms with E-state index in [9.17, 15) is 8.78 Å². The number of halogens is 2. The van der Waals surface area contributed by atoms with Crippen molar-refractivity contribution in [3.05, 3.63) is 47.5 Å². The van der Waals surface area contributed by atoms with Gasteiger partial charge in [-0.3, -0.25) is 4.57 Å². The van der Waals surface area contributed by atoms with Crippen molar-refractivity contribution in [1.29, 1.82) is 0 Å². The second kappa shape index (κ2) is 5.32. The van der Waals surface area contributed by atoms with Crippen LogP contribution in [0.2, 0.25) is 0 Å². The maximum atomic E-state index is 14.1. The average Bonchev–Trinajstić information content (AvgIpc) is 2.93. The van der Waals surface area contributed by atoms with Crippen LogP contribution in [0.15, 0.2) is 24.7 Å². The van der Waals surface area contributed by atoms with Gasteiger partial charge < -0.3 is 5.32 Å². The Morgan fingerprint density at radius 2 is 2.10 bits per heavy atom. The number of nitrogens with zero attached hydrogens (tertiary/aromatic N) is 2. The Labute approximate surface area is 116 Å². The van der Waals surface area contributed by atoms with Gasteiger partial charge in [0.15, 0.2) is 0 Å². The van der Waals surface area contributed by atoms with Gasteiger partial charge in [0.25, 0.3) is 0 Å². The fourth-order valence-corrected chi connectivity index (χ4v) is 2.69. The fraction of sp³-hybridized carbons (Fsp3) is 0.400. The third-order valence-electron chi connectivity index (χ3n) is 3.82. The van der Waals surface area contributed by atoms with Gasteiger partial charge in [0.1, 0.15) is 11.6 Å². The molecule has 0 amide bonds. The van der Waals surface area contributed by atoms with Gasteiger partial charge in [-0.15, -0.1) is 0 Å². The van der Waals surface area contributed by atoms with Gasteiger partial charge in [0, 0.05) is 12.1 Å². The first-order valence-electron chi connectivity index (χ1n) is 6.88. The van der Waals surface area contributed by atoms with E-state index in [-0.39, 0.29) is 11.7 Å². The van der Waals surface area contributed by atoms with Crippen molar-refractivity contribution in [1.82, 2.24) is 14.9 Å². The van der Waals surface area contributed by atoms with E-state index in [1.54, 1.807) is 24.0 Å². The zero-order valence-corrected chi connectivity index (χ0v) is 11.4. The first kappa shape index (κ1) is 13.2. The van der Waals surface area contributed by atoms with Crippen LogP contribution in [0, 0.1) is 18.6 Å². The van der Waals surface area contributed by atoms with E-state index < -0.39 is 11.6 Å². The Bertz CT molecular complexity index is 616. The third kappa shape index (κ3) is 2.33. The molecule has 1 aliphatic rings. The molecule has 3 rings (SSSR count). The zero-order chi connectivity index (χ0) is 14.1. The molecular formula is C15H17F2N3. The summed E-state index contributed by atoms with van der Waals surface area (Å²) in [5.41, 5.74) is 1.41. The van der Waals surface area contributed by atoms with E-state index in [1.165, 1.54) is 12.1 Å². The highest BCUT2D eigenvalue weighted by Crippen LogP contribution is 2.26. The van der Waals surface area contributed by atoms with Crippen molar-refractivity contribution < 1.29 is 8.78 Å². The molecule has 1 fully saturated rings. The van der Waals surface area contributed by atoms with Crippen molar-refractivity contribution in [3.63, 3.8) is 0 Å². The minimum absolute atomic E-state index is 0.148. The summed E-state index contributed by atoms with van der Waals surface area (Å²) in [6, 6.07) is 2.61. The number of imidazole rings is 1. The molecule has 0 saturated carbocycles. The van der Waals surface area contributed by atoms with Crippen LogP contribution < -0.4 is 5.32 Å². The molecule has 1 aromatic carbocycles. The fourth-order valence-electron chi connectivity index (χ4n) is 2.69. The average molecular weight is 277 g/mol. The highest BCUT2D eigenvalue weighted by atomic mass is 19.1. The summed E-state index contributed by atoms with van der Waals surface area (Å²) < 4.78 is 29.5. The lowest BCUT2D eigenvalue weighted by Gasteiger charge is -2.24. The smallest absolute Gasteiger partial charge is 0.147 e. The van der Waals surface area contributed by atoms with Crippen LogP contribution in [0.25, 0.3) is 5.69 Å². The second-order valence-corrected chi connectivity index (χ2v) is 5.24. The lowest BCUT2D eigenvalue weighted by molar-refractivity contribution is 0.401. The monoisotopic (exact) mass is 277 g/mol. The number of hydrogen-bond donors (Lipinski definition) is 1. The first-order chi connectivity index (χ1) is 9.66. The highest BCUT2D eigenvalue weighted by Gasteiger charge is 2.20. The van der Waals surface area contributed by atoms with Crippen molar-refractivity contribution in [2.24, 2.45) is 0 Å². The molecular weight excluding hydrogens is 260 g/mol. The molecule has 2 heterocycles. The molecule has 1 unspecified atom stereocenters. The summed E-state index contributed by atoms with van der Waals surface area (Å²) in [5.74, 6) is -0.836. The largest absolute Gasteiger partial charge is 0.309 e. The molecule has 5 heteroatoms. The molecule has 3 nitrogen and oxygen atoms in total. The molecule has 0 bridgehead atoms. The van der Waals surface area contributed by atoms with Crippen molar-refractivity contribution in [2.45, 2.75) is 32.2 Å². The number of hydrogen-bond acceptors (Lipinski definition) is 2. The molecule has 0 spiro atoms. The SMILES string of the molecule is Cc1cc(F)c(-n2cncc2C2CCCCN2)cc1F. The Kier molecular flexibility index (Phi) is 3.53. The van der Waals surface area contributed by atoms with Gasteiger partial charge in [-0.25, -0.2) is 13.8 Å². The molecule has 2 aromatic rings. The normalized spacial score (nSPS) is 19.2. The number of rotatable bonds is 2. The standard InChI is InChI=1S/C15H17F2N3/c1-10-6-12(17)14(7-11(10)16)20-9-18-8-15(20)13-4-2-3-5-19-13/h6-9,13,19H,2-5H2,1H3. The van der Waals surface area contributed by atoms with Gasteiger partial charge in [0.05, 0.1) is 23.9 Å². The van der Waals surface area contributed by atoms with Gasteiger partial charge >= 0.3 is 0 Å². The summed E-state index contributed by atoms with van der Waals surface area (Å²) in [6.07, 6.45) is 6.53. The zero-order valence-electron chi connectivity index (χ0n) is 11.4. The number of benzene rings is 1. The van der Waals surface area contributed by atoms with E-state index in [2.05, 4.69) is 10.3 Å². The van der Waals surface area contributed by atoms with Crippen molar-refractivity contribution >= 4 is 0 Å². The highest BCUT2D eigenvalue weighted by molar-refractivity contribution is 5.39. The number of aryl methyl sites for hydroxylation is 1. The Morgan fingerprint density at radius 1 is 1.25 bits per heavy atom. The number of piperidine rings is 1. The topological polar surface area (TPSA) is 29.9 Å². The first-order valence-corrected chi connectivity index (χ1v) is 6.88. The van der Waals surface area contributed by atoms with Crippen LogP contribution in [0.1, 0.15) is 36.6 Å². The minimum atomic E-state index is -0.432. The van der Waals surface area contributed by atoms with Crippen LogP contribution in [0.3, 0.4) is 0 Å². The molecule has 1 N–H and O–H groups in total. The predicted molar refractivity (Wildman–Crippen MR) is 72.8 cm³/mol. The molecule has 0 aliphatic carbocycles. The van der Waals surface area contributed by atoms with Gasteiger partial charge in [-0.1, -0.05) is 6.42 Å². The minimum Gasteiger partial charge on any atom is -0.309 e. The lowest BCUT2D eigenvalue weighted by Crippen LogP contribution is -2.28. The Morgan fingerprint density at radius 3 is 2.85 bits per heavy atom. The van der Waals surface area contributed by atoms with E-state index >= 15 is 0 Å². The molecule has 0 radical (unpaired) electrons. The van der Waals surface area contributed by atoms with Crippen LogP contribution in [-0.4, -0.2) is 16.1 Å². The maximum absolute atomic E-state index is 14.1. The summed E-state index contributed by atoms with van der Waals surface area (Å²) >= 11 is 0. The van der Waals surface area contributed by atoms with E-state index in [0.29, 0.717) is 5.56 Å². The summed E-state index contributed by atoms with van der Waals surface area (Å²) in [6.45, 7) is 2.50. The molecule has 1 saturated heterocycles. The van der Waals surface area contributed by atoms with Gasteiger partial charge in [-0.2, -0.15) is 0 Å². The second-order valence-electron chi connectivity index (χ2n) is 5.24. The Hall–Kier alpha value is -1.75. The van der Waals surface area contributed by atoms with E-state index in [4.69, 9.17) is 0 Å². The van der Waals surface area contributed by atoms with Crippen molar-refractivity contribution in [3.8, 4) is 5.69 Å². The summed E-state index contributed by atoms with van der Waals surface area (Å²) in [7, 11) is 0. The molecule has 20 heavy (non-hydrogen) atoms. The molecule has 1 atom stereocenters. The number of aromatic nitrogens is 2. The lowest BCUT2D eigenvalue weighted by atomic mass is 10.0. The predicted octanol–water partition coefficient (Wildman–Crippen LogP) is 3.27. The van der Waals surface area contributed by atoms with Crippen LogP contribution in [0.4, 0.5) is 8.78 Å². The summed E-state index contributed by atoms with van der Waals surface area (Å²) in [4.78, 5) is 4.10. The van der Waals surface area contributed by atoms with Crippen LogP contribution >= 0.6 is 0 Å². The maximum Gasteiger partial charge on any atom is 0.147 e. The van der Waals surface area contributed by atoms with Crippen LogP contribution in [-0.2, 0) is 0 Å². The van der Waals surface area contributed by atoms with E-state index in [0.717, 1.165) is 31.5 Å². The molecule has 106 valence electrons. The van der Waals surface area contributed by atoms with Gasteiger partial charge in [0.2, 0.25) is 0 Å². The molecule has 1 aromatic heterocycles.